The van der Waals surface area contributed by atoms with Crippen molar-refractivity contribution >= 4 is 22.6 Å². The highest BCUT2D eigenvalue weighted by Gasteiger charge is 2.19. The Labute approximate surface area is 115 Å². The number of aliphatic hydroxyl groups is 2. The second-order valence-electron chi connectivity index (χ2n) is 4.89. The number of carboxylic acid groups (broad SMARTS) is 1. The number of aliphatic hydroxyl groups excluding tert-OH is 1. The summed E-state index contributed by atoms with van der Waals surface area (Å²) in [5.41, 5.74) is -0.247. The van der Waals surface area contributed by atoms with Crippen LogP contribution in [0.5, 0.6) is 0 Å². The smallest absolute Gasteiger partial charge is 0.354 e. The Kier molecular flexibility index (Phi) is 3.87. The van der Waals surface area contributed by atoms with E-state index in [-0.39, 0.29) is 12.2 Å². The molecule has 0 radical (unpaired) electrons. The normalized spacial score (nSPS) is 13.9. The molecule has 4 N–H and O–H groups in total. The molecule has 0 aliphatic heterocycles. The van der Waals surface area contributed by atoms with E-state index in [0.717, 1.165) is 5.39 Å². The Bertz CT molecular complexity index is 640. The fourth-order valence-electron chi connectivity index (χ4n) is 1.77. The van der Waals surface area contributed by atoms with Crippen molar-refractivity contribution in [2.24, 2.45) is 0 Å². The number of benzene rings is 1. The lowest BCUT2D eigenvalue weighted by Gasteiger charge is -2.22. The number of nitrogens with one attached hydrogen (secondary N) is 1. The third kappa shape index (κ3) is 3.04. The van der Waals surface area contributed by atoms with Crippen molar-refractivity contribution in [2.45, 2.75) is 12.5 Å². The van der Waals surface area contributed by atoms with Gasteiger partial charge in [0.15, 0.2) is 5.69 Å². The van der Waals surface area contributed by atoms with E-state index in [1.807, 2.05) is 12.1 Å². The molecule has 0 saturated heterocycles. The van der Waals surface area contributed by atoms with E-state index in [1.54, 1.807) is 12.1 Å². The Hall–Kier alpha value is -2.18. The van der Waals surface area contributed by atoms with Gasteiger partial charge in [0.05, 0.1) is 12.1 Å². The topological polar surface area (TPSA) is 103 Å². The molecule has 0 fully saturated rings. The molecule has 0 spiro atoms. The van der Waals surface area contributed by atoms with Crippen LogP contribution in [0, 0.1) is 0 Å². The lowest BCUT2D eigenvalue weighted by atomic mass is 10.1. The molecule has 1 atom stereocenters. The third-order valence-electron chi connectivity index (χ3n) is 2.94. The highest BCUT2D eigenvalue weighted by Crippen LogP contribution is 2.23. The molecule has 20 heavy (non-hydrogen) atoms. The number of anilines is 1. The number of aromatic nitrogens is 1. The Morgan fingerprint density at radius 1 is 1.40 bits per heavy atom. The average molecular weight is 276 g/mol. The molecule has 1 aromatic carbocycles. The minimum absolute atomic E-state index is 0.0742. The number of para-hydroxylation sites is 1. The van der Waals surface area contributed by atoms with E-state index in [1.165, 1.54) is 13.0 Å². The van der Waals surface area contributed by atoms with Crippen LogP contribution in [0.3, 0.4) is 0 Å². The van der Waals surface area contributed by atoms with Crippen LogP contribution < -0.4 is 5.32 Å². The van der Waals surface area contributed by atoms with Crippen molar-refractivity contribution in [2.75, 3.05) is 18.5 Å². The highest BCUT2D eigenvalue weighted by atomic mass is 16.4. The molecule has 0 aliphatic carbocycles. The molecule has 0 aliphatic rings. The van der Waals surface area contributed by atoms with E-state index in [9.17, 15) is 9.90 Å². The molecule has 2 aromatic rings. The summed E-state index contributed by atoms with van der Waals surface area (Å²) < 4.78 is 0. The van der Waals surface area contributed by atoms with E-state index in [0.29, 0.717) is 11.2 Å². The molecule has 0 bridgehead atoms. The maximum absolute atomic E-state index is 11.1. The van der Waals surface area contributed by atoms with E-state index in [4.69, 9.17) is 10.2 Å². The van der Waals surface area contributed by atoms with Gasteiger partial charge in [-0.2, -0.15) is 0 Å². The van der Waals surface area contributed by atoms with Crippen LogP contribution in [0.4, 0.5) is 5.69 Å². The predicted molar refractivity (Wildman–Crippen MR) is 74.9 cm³/mol. The van der Waals surface area contributed by atoms with Gasteiger partial charge in [0, 0.05) is 17.6 Å². The van der Waals surface area contributed by atoms with Crippen molar-refractivity contribution in [1.29, 1.82) is 0 Å². The van der Waals surface area contributed by atoms with Crippen LogP contribution in [0.25, 0.3) is 10.9 Å². The largest absolute Gasteiger partial charge is 0.477 e. The predicted octanol–water partition coefficient (Wildman–Crippen LogP) is 1.09. The number of fused-ring (bicyclic) bond motifs is 1. The molecule has 0 amide bonds. The van der Waals surface area contributed by atoms with Gasteiger partial charge in [-0.15, -0.1) is 0 Å². The van der Waals surface area contributed by atoms with Crippen LogP contribution >= 0.6 is 0 Å². The van der Waals surface area contributed by atoms with Crippen molar-refractivity contribution < 1.29 is 20.1 Å². The molecular weight excluding hydrogens is 260 g/mol. The van der Waals surface area contributed by atoms with E-state index in [2.05, 4.69) is 10.3 Å². The molecule has 6 nitrogen and oxygen atoms in total. The van der Waals surface area contributed by atoms with Gasteiger partial charge in [0.1, 0.15) is 5.60 Å². The summed E-state index contributed by atoms with van der Waals surface area (Å²) in [7, 11) is 0. The molecule has 2 rings (SSSR count). The molecular formula is C14H16N2O4. The van der Waals surface area contributed by atoms with Gasteiger partial charge in [0.2, 0.25) is 0 Å². The van der Waals surface area contributed by atoms with Crippen molar-refractivity contribution in [3.63, 3.8) is 0 Å². The van der Waals surface area contributed by atoms with E-state index >= 15 is 0 Å². The Morgan fingerprint density at radius 3 is 2.75 bits per heavy atom. The first-order valence-corrected chi connectivity index (χ1v) is 6.13. The number of aromatic carboxylic acids is 1. The van der Waals surface area contributed by atoms with Gasteiger partial charge in [-0.1, -0.05) is 18.2 Å². The SMILES string of the molecule is CC(O)(CO)CNc1cc(C(=O)O)nc2ccccc12. The maximum Gasteiger partial charge on any atom is 0.354 e. The minimum Gasteiger partial charge on any atom is -0.477 e. The van der Waals surface area contributed by atoms with Crippen molar-refractivity contribution in [3.05, 3.63) is 36.0 Å². The third-order valence-corrected chi connectivity index (χ3v) is 2.94. The Balaban J connectivity index is 2.42. The average Bonchev–Trinajstić information content (AvgIpc) is 2.44. The fourth-order valence-corrected chi connectivity index (χ4v) is 1.77. The molecule has 0 saturated carbocycles. The zero-order valence-corrected chi connectivity index (χ0v) is 11.0. The summed E-state index contributed by atoms with van der Waals surface area (Å²) in [6.07, 6.45) is 0. The maximum atomic E-state index is 11.1. The summed E-state index contributed by atoms with van der Waals surface area (Å²) in [5.74, 6) is -1.12. The fraction of sp³-hybridized carbons (Fsp3) is 0.286. The highest BCUT2D eigenvalue weighted by molar-refractivity contribution is 5.97. The number of hydrogen-bond donors (Lipinski definition) is 4. The van der Waals surface area contributed by atoms with Crippen LogP contribution in [-0.4, -0.2) is 45.0 Å². The Morgan fingerprint density at radius 2 is 2.10 bits per heavy atom. The number of rotatable bonds is 5. The lowest BCUT2D eigenvalue weighted by molar-refractivity contribution is 0.0132. The standard InChI is InChI=1S/C14H16N2O4/c1-14(20,8-17)7-15-11-6-12(13(18)19)16-10-5-3-2-4-9(10)11/h2-6,17,20H,7-8H2,1H3,(H,15,16)(H,18,19). The summed E-state index contributed by atoms with van der Waals surface area (Å²) in [6.45, 7) is 1.19. The van der Waals surface area contributed by atoms with Gasteiger partial charge in [0.25, 0.3) is 0 Å². The van der Waals surface area contributed by atoms with E-state index < -0.39 is 18.2 Å². The van der Waals surface area contributed by atoms with Crippen LogP contribution in [0.1, 0.15) is 17.4 Å². The number of nitrogens with zero attached hydrogens (tertiary/aromatic N) is 1. The number of pyridine rings is 1. The van der Waals surface area contributed by atoms with Crippen molar-refractivity contribution in [1.82, 2.24) is 4.98 Å². The molecule has 6 heteroatoms. The number of carbonyl (C=O) groups is 1. The first-order chi connectivity index (χ1) is 9.43. The second-order valence-corrected chi connectivity index (χ2v) is 4.89. The van der Waals surface area contributed by atoms with Crippen LogP contribution in [-0.2, 0) is 0 Å². The summed E-state index contributed by atoms with van der Waals surface area (Å²) in [5, 5.41) is 31.6. The summed E-state index contributed by atoms with van der Waals surface area (Å²) in [6, 6.07) is 8.54. The van der Waals surface area contributed by atoms with Gasteiger partial charge < -0.3 is 20.6 Å². The molecule has 1 unspecified atom stereocenters. The monoisotopic (exact) mass is 276 g/mol. The quantitative estimate of drug-likeness (QED) is 0.652. The van der Waals surface area contributed by atoms with Crippen molar-refractivity contribution in [3.8, 4) is 0 Å². The molecule has 106 valence electrons. The number of carboxylic acids is 1. The zero-order valence-electron chi connectivity index (χ0n) is 11.0. The van der Waals surface area contributed by atoms with Crippen LogP contribution in [0.15, 0.2) is 30.3 Å². The van der Waals surface area contributed by atoms with Crippen LogP contribution in [0.2, 0.25) is 0 Å². The summed E-state index contributed by atoms with van der Waals surface area (Å²) >= 11 is 0. The molecule has 1 aromatic heterocycles. The first kappa shape index (κ1) is 14.2. The first-order valence-electron chi connectivity index (χ1n) is 6.13. The lowest BCUT2D eigenvalue weighted by Crippen LogP contribution is -2.37. The second kappa shape index (κ2) is 5.44. The number of hydrogen-bond acceptors (Lipinski definition) is 5. The van der Waals surface area contributed by atoms with Gasteiger partial charge in [-0.05, 0) is 19.1 Å². The minimum atomic E-state index is -1.28. The zero-order chi connectivity index (χ0) is 14.8. The van der Waals surface area contributed by atoms with Gasteiger partial charge in [-0.25, -0.2) is 9.78 Å². The molecule has 1 heterocycles. The van der Waals surface area contributed by atoms with Gasteiger partial charge >= 0.3 is 5.97 Å². The summed E-state index contributed by atoms with van der Waals surface area (Å²) in [4.78, 5) is 15.1. The van der Waals surface area contributed by atoms with Gasteiger partial charge in [-0.3, -0.25) is 0 Å².